The van der Waals surface area contributed by atoms with Gasteiger partial charge in [-0.05, 0) is 23.3 Å². The first kappa shape index (κ1) is 24.6. The molecule has 0 spiro atoms. The van der Waals surface area contributed by atoms with Crippen LogP contribution in [0.25, 0.3) is 0 Å². The maximum Gasteiger partial charge on any atom is 0.359 e. The summed E-state index contributed by atoms with van der Waals surface area (Å²) in [6, 6.07) is 19.1. The third-order valence-corrected chi connectivity index (χ3v) is 5.37. The van der Waals surface area contributed by atoms with Gasteiger partial charge in [0, 0.05) is 6.07 Å². The zero-order chi connectivity index (χ0) is 25.8. The van der Waals surface area contributed by atoms with Crippen LogP contribution in [0.15, 0.2) is 78.9 Å². The van der Waals surface area contributed by atoms with E-state index >= 15 is 0 Å². The molecule has 0 saturated carbocycles. The molecule has 1 heterocycles. The van der Waals surface area contributed by atoms with Gasteiger partial charge in [0.25, 0.3) is 5.91 Å². The summed E-state index contributed by atoms with van der Waals surface area (Å²) in [4.78, 5) is 37.5. The summed E-state index contributed by atoms with van der Waals surface area (Å²) in [6.07, 6.45) is -0.794. The maximum atomic E-state index is 13.6. The van der Waals surface area contributed by atoms with E-state index in [9.17, 15) is 23.2 Å². The quantitative estimate of drug-likeness (QED) is 0.281. The van der Waals surface area contributed by atoms with Crippen LogP contribution in [0.4, 0.5) is 19.4 Å². The van der Waals surface area contributed by atoms with Crippen molar-refractivity contribution in [1.29, 1.82) is 0 Å². The number of aromatic nitrogens is 2. The van der Waals surface area contributed by atoms with Crippen LogP contribution >= 0.6 is 11.6 Å². The van der Waals surface area contributed by atoms with Crippen LogP contribution in [0.1, 0.15) is 38.1 Å². The summed E-state index contributed by atoms with van der Waals surface area (Å²) in [5, 5.41) is 5.73. The number of hydrogen-bond acceptors (Lipinski definition) is 5. The van der Waals surface area contributed by atoms with Crippen LogP contribution in [0, 0.1) is 11.6 Å². The predicted molar refractivity (Wildman–Crippen MR) is 127 cm³/mol. The van der Waals surface area contributed by atoms with Crippen molar-refractivity contribution in [1.82, 2.24) is 9.78 Å². The Morgan fingerprint density at radius 1 is 0.917 bits per heavy atom. The highest BCUT2D eigenvalue weighted by Crippen LogP contribution is 2.28. The van der Waals surface area contributed by atoms with E-state index in [-0.39, 0.29) is 16.5 Å². The Kier molecular flexibility index (Phi) is 7.07. The van der Waals surface area contributed by atoms with Crippen molar-refractivity contribution in [3.63, 3.8) is 0 Å². The summed E-state index contributed by atoms with van der Waals surface area (Å²) in [6.45, 7) is 0. The Morgan fingerprint density at radius 3 is 2.03 bits per heavy atom. The van der Waals surface area contributed by atoms with E-state index in [1.807, 2.05) is 12.1 Å². The summed E-state index contributed by atoms with van der Waals surface area (Å²) in [5.74, 6) is -4.75. The summed E-state index contributed by atoms with van der Waals surface area (Å²) in [7, 11) is 0. The minimum Gasteiger partial charge on any atom is -0.448 e. The number of anilines is 1. The number of nitrogens with two attached hydrogens (primary N) is 1. The lowest BCUT2D eigenvalue weighted by molar-refractivity contribution is 0.0370. The number of rotatable bonds is 6. The molecular weight excluding hydrogens is 494 g/mol. The van der Waals surface area contributed by atoms with Gasteiger partial charge in [-0.3, -0.25) is 4.79 Å². The molecule has 4 rings (SSSR count). The number of primary amides is 1. The van der Waals surface area contributed by atoms with Crippen LogP contribution in [0.5, 0.6) is 0 Å². The molecule has 182 valence electrons. The second-order valence-electron chi connectivity index (χ2n) is 7.47. The zero-order valence-electron chi connectivity index (χ0n) is 18.3. The summed E-state index contributed by atoms with van der Waals surface area (Å²) < 4.78 is 33.2. The highest BCUT2D eigenvalue weighted by atomic mass is 35.5. The Bertz CT molecular complexity index is 1410. The molecule has 1 aromatic heterocycles. The van der Waals surface area contributed by atoms with Gasteiger partial charge in [0.1, 0.15) is 5.82 Å². The molecule has 0 unspecified atom stereocenters. The van der Waals surface area contributed by atoms with E-state index in [1.54, 1.807) is 48.5 Å². The largest absolute Gasteiger partial charge is 0.448 e. The molecule has 11 heteroatoms. The SMILES string of the molecule is NC(=O)n1nc(C(=O)OC(c2ccccc2)c2ccccc2)cc1NC(=O)c1cc(F)c(F)cc1Cl. The van der Waals surface area contributed by atoms with Crippen LogP contribution in [-0.2, 0) is 4.74 Å². The van der Waals surface area contributed by atoms with Gasteiger partial charge >= 0.3 is 12.0 Å². The normalized spacial score (nSPS) is 10.8. The van der Waals surface area contributed by atoms with Crippen molar-refractivity contribution >= 4 is 35.3 Å². The van der Waals surface area contributed by atoms with Gasteiger partial charge in [0.2, 0.25) is 0 Å². The van der Waals surface area contributed by atoms with Crippen LogP contribution in [0.2, 0.25) is 5.02 Å². The van der Waals surface area contributed by atoms with Crippen molar-refractivity contribution in [3.05, 3.63) is 118 Å². The van der Waals surface area contributed by atoms with Gasteiger partial charge < -0.3 is 15.8 Å². The Morgan fingerprint density at radius 2 is 1.47 bits per heavy atom. The lowest BCUT2D eigenvalue weighted by Crippen LogP contribution is -2.25. The number of halogens is 3. The lowest BCUT2D eigenvalue weighted by atomic mass is 10.0. The summed E-state index contributed by atoms with van der Waals surface area (Å²) >= 11 is 5.84. The van der Waals surface area contributed by atoms with E-state index in [1.165, 1.54) is 0 Å². The second kappa shape index (κ2) is 10.4. The van der Waals surface area contributed by atoms with Crippen LogP contribution in [0.3, 0.4) is 0 Å². The number of amides is 2. The fourth-order valence-electron chi connectivity index (χ4n) is 3.37. The van der Waals surface area contributed by atoms with E-state index in [2.05, 4.69) is 10.4 Å². The van der Waals surface area contributed by atoms with Gasteiger partial charge in [-0.1, -0.05) is 72.3 Å². The van der Waals surface area contributed by atoms with E-state index < -0.39 is 41.2 Å². The minimum absolute atomic E-state index is 0.309. The number of benzene rings is 3. The average molecular weight is 511 g/mol. The number of carbonyl (C=O) groups is 3. The molecule has 0 fully saturated rings. The molecule has 0 saturated heterocycles. The molecular formula is C25H17ClF2N4O4. The molecule has 0 radical (unpaired) electrons. The number of ether oxygens (including phenoxy) is 1. The molecule has 4 aromatic rings. The molecule has 3 aromatic carbocycles. The standard InChI is InChI=1S/C25H17ClF2N4O4/c26-17-12-19(28)18(27)11-16(17)23(33)30-21-13-20(31-32(21)25(29)35)24(34)36-22(14-7-3-1-4-8-14)15-9-5-2-6-10-15/h1-13,22H,(H2,29,35)(H,30,33). The van der Waals surface area contributed by atoms with Crippen molar-refractivity contribution < 1.29 is 27.9 Å². The second-order valence-corrected chi connectivity index (χ2v) is 7.88. The van der Waals surface area contributed by atoms with E-state index in [0.717, 1.165) is 6.07 Å². The first-order valence-electron chi connectivity index (χ1n) is 10.4. The molecule has 8 nitrogen and oxygen atoms in total. The van der Waals surface area contributed by atoms with Gasteiger partial charge in [-0.15, -0.1) is 0 Å². The van der Waals surface area contributed by atoms with Crippen molar-refractivity contribution in [2.75, 3.05) is 5.32 Å². The summed E-state index contributed by atoms with van der Waals surface area (Å²) in [5.41, 5.74) is 5.95. The van der Waals surface area contributed by atoms with Gasteiger partial charge in [-0.2, -0.15) is 9.78 Å². The Balaban J connectivity index is 1.63. The predicted octanol–water partition coefficient (Wildman–Crippen LogP) is 4.94. The van der Waals surface area contributed by atoms with Gasteiger partial charge in [0.15, 0.2) is 23.4 Å². The highest BCUT2D eigenvalue weighted by molar-refractivity contribution is 6.34. The van der Waals surface area contributed by atoms with E-state index in [0.29, 0.717) is 27.9 Å². The number of hydrogen-bond donors (Lipinski definition) is 2. The maximum absolute atomic E-state index is 13.6. The van der Waals surface area contributed by atoms with Crippen molar-refractivity contribution in [2.24, 2.45) is 5.73 Å². The Labute approximate surface area is 208 Å². The molecule has 36 heavy (non-hydrogen) atoms. The highest BCUT2D eigenvalue weighted by Gasteiger charge is 2.25. The number of esters is 1. The molecule has 0 aliphatic carbocycles. The molecule has 2 amide bonds. The Hall–Kier alpha value is -4.57. The third-order valence-electron chi connectivity index (χ3n) is 5.05. The van der Waals surface area contributed by atoms with Crippen molar-refractivity contribution in [3.8, 4) is 0 Å². The van der Waals surface area contributed by atoms with E-state index in [4.69, 9.17) is 22.1 Å². The average Bonchev–Trinajstić information content (AvgIpc) is 3.30. The molecule has 0 atom stereocenters. The lowest BCUT2D eigenvalue weighted by Gasteiger charge is -2.18. The first-order chi connectivity index (χ1) is 17.2. The third kappa shape index (κ3) is 5.23. The number of carbonyl (C=O) groups excluding carboxylic acids is 3. The van der Waals surface area contributed by atoms with Crippen LogP contribution < -0.4 is 11.1 Å². The van der Waals surface area contributed by atoms with Gasteiger partial charge in [-0.25, -0.2) is 18.4 Å². The van der Waals surface area contributed by atoms with Gasteiger partial charge in [0.05, 0.1) is 10.6 Å². The van der Waals surface area contributed by atoms with Crippen molar-refractivity contribution in [2.45, 2.75) is 6.10 Å². The number of nitrogens with zero attached hydrogens (tertiary/aromatic N) is 2. The first-order valence-corrected chi connectivity index (χ1v) is 10.8. The monoisotopic (exact) mass is 510 g/mol. The smallest absolute Gasteiger partial charge is 0.359 e. The molecule has 0 aliphatic rings. The fraction of sp³-hybridized carbons (Fsp3) is 0.0400. The number of nitrogens with one attached hydrogen (secondary N) is 1. The molecule has 0 bridgehead atoms. The molecule has 0 aliphatic heterocycles. The topological polar surface area (TPSA) is 116 Å². The minimum atomic E-state index is -1.30. The van der Waals surface area contributed by atoms with Crippen LogP contribution in [-0.4, -0.2) is 27.7 Å². The fourth-order valence-corrected chi connectivity index (χ4v) is 3.61. The zero-order valence-corrected chi connectivity index (χ0v) is 19.1. The molecule has 3 N–H and O–H groups in total.